The molecule has 2 unspecified atom stereocenters. The molecule has 0 aliphatic carbocycles. The Morgan fingerprint density at radius 3 is 2.62 bits per heavy atom. The first kappa shape index (κ1) is 14.2. The minimum atomic E-state index is 0.524. The highest BCUT2D eigenvalue weighted by molar-refractivity contribution is 9.10. The molecule has 92 valence electrons. The summed E-state index contributed by atoms with van der Waals surface area (Å²) in [5, 5.41) is 5.85. The standard InChI is InChI=1S/C13H22BrNS/c1-4-6-10(3)13(15-7-5-2)12-8-11(14)9-16-12/h8-10,13,15H,4-7H2,1-3H3. The number of hydrogen-bond donors (Lipinski definition) is 1. The molecule has 0 bridgehead atoms. The van der Waals surface area contributed by atoms with E-state index in [0.717, 1.165) is 6.54 Å². The highest BCUT2D eigenvalue weighted by atomic mass is 79.9. The zero-order valence-electron chi connectivity index (χ0n) is 10.4. The zero-order chi connectivity index (χ0) is 12.0. The van der Waals surface area contributed by atoms with E-state index in [2.05, 4.69) is 53.5 Å². The maximum absolute atomic E-state index is 3.67. The topological polar surface area (TPSA) is 12.0 Å². The highest BCUT2D eigenvalue weighted by Gasteiger charge is 2.19. The number of nitrogens with one attached hydrogen (secondary N) is 1. The van der Waals surface area contributed by atoms with Crippen LogP contribution in [0.1, 0.15) is 51.0 Å². The SMILES string of the molecule is CCCNC(c1cc(Br)cs1)C(C)CCC. The molecular weight excluding hydrogens is 282 g/mol. The molecular formula is C13H22BrNS. The van der Waals surface area contributed by atoms with Gasteiger partial charge in [0.05, 0.1) is 0 Å². The van der Waals surface area contributed by atoms with Crippen molar-refractivity contribution in [2.45, 2.75) is 46.1 Å². The molecule has 1 aromatic rings. The van der Waals surface area contributed by atoms with E-state index in [1.807, 2.05) is 11.3 Å². The summed E-state index contributed by atoms with van der Waals surface area (Å²) in [6.45, 7) is 7.94. The lowest BCUT2D eigenvalue weighted by Crippen LogP contribution is -2.27. The van der Waals surface area contributed by atoms with Gasteiger partial charge in [-0.25, -0.2) is 0 Å². The van der Waals surface area contributed by atoms with E-state index in [1.54, 1.807) is 0 Å². The largest absolute Gasteiger partial charge is 0.309 e. The van der Waals surface area contributed by atoms with Crippen molar-refractivity contribution in [2.24, 2.45) is 5.92 Å². The second-order valence-electron chi connectivity index (χ2n) is 4.37. The number of thiophene rings is 1. The van der Waals surface area contributed by atoms with Crippen molar-refractivity contribution in [1.82, 2.24) is 5.32 Å². The third kappa shape index (κ3) is 4.19. The van der Waals surface area contributed by atoms with Crippen LogP contribution in [-0.2, 0) is 0 Å². The van der Waals surface area contributed by atoms with Gasteiger partial charge in [-0.1, -0.05) is 27.2 Å². The molecule has 16 heavy (non-hydrogen) atoms. The average molecular weight is 304 g/mol. The summed E-state index contributed by atoms with van der Waals surface area (Å²) in [5.41, 5.74) is 0. The first-order chi connectivity index (χ1) is 7.69. The first-order valence-electron chi connectivity index (χ1n) is 6.16. The number of hydrogen-bond acceptors (Lipinski definition) is 2. The van der Waals surface area contributed by atoms with Crippen molar-refractivity contribution in [1.29, 1.82) is 0 Å². The van der Waals surface area contributed by atoms with Gasteiger partial charge in [-0.3, -0.25) is 0 Å². The van der Waals surface area contributed by atoms with Crippen molar-refractivity contribution >= 4 is 27.3 Å². The molecule has 0 spiro atoms. The molecule has 0 fully saturated rings. The lowest BCUT2D eigenvalue weighted by Gasteiger charge is -2.24. The molecule has 0 aliphatic rings. The second kappa shape index (κ2) is 7.46. The Morgan fingerprint density at radius 1 is 1.38 bits per heavy atom. The van der Waals surface area contributed by atoms with Crippen molar-refractivity contribution < 1.29 is 0 Å². The molecule has 1 aromatic heterocycles. The van der Waals surface area contributed by atoms with E-state index in [0.29, 0.717) is 12.0 Å². The maximum Gasteiger partial charge on any atom is 0.0441 e. The van der Waals surface area contributed by atoms with Crippen LogP contribution >= 0.6 is 27.3 Å². The van der Waals surface area contributed by atoms with E-state index in [4.69, 9.17) is 0 Å². The third-order valence-corrected chi connectivity index (χ3v) is 4.60. The quantitative estimate of drug-likeness (QED) is 0.748. The van der Waals surface area contributed by atoms with Gasteiger partial charge in [-0.05, 0) is 47.3 Å². The third-order valence-electron chi connectivity index (χ3n) is 2.82. The molecule has 1 rings (SSSR count). The van der Waals surface area contributed by atoms with Crippen LogP contribution in [0.25, 0.3) is 0 Å². The molecule has 1 N–H and O–H groups in total. The van der Waals surface area contributed by atoms with Crippen LogP contribution in [-0.4, -0.2) is 6.54 Å². The highest BCUT2D eigenvalue weighted by Crippen LogP contribution is 2.32. The average Bonchev–Trinajstić information content (AvgIpc) is 2.66. The van der Waals surface area contributed by atoms with Gasteiger partial charge < -0.3 is 5.32 Å². The predicted molar refractivity (Wildman–Crippen MR) is 77.1 cm³/mol. The van der Waals surface area contributed by atoms with Gasteiger partial charge >= 0.3 is 0 Å². The molecule has 0 aromatic carbocycles. The summed E-state index contributed by atoms with van der Waals surface area (Å²) >= 11 is 5.39. The molecule has 0 aliphatic heterocycles. The predicted octanol–water partition coefficient (Wildman–Crippen LogP) is 4.99. The van der Waals surface area contributed by atoms with Crippen LogP contribution in [0.2, 0.25) is 0 Å². The lowest BCUT2D eigenvalue weighted by atomic mass is 9.95. The normalized spacial score (nSPS) is 15.0. The van der Waals surface area contributed by atoms with Crippen LogP contribution in [0.5, 0.6) is 0 Å². The minimum absolute atomic E-state index is 0.524. The van der Waals surface area contributed by atoms with Gasteiger partial charge in [0.1, 0.15) is 0 Å². The molecule has 3 heteroatoms. The molecule has 0 radical (unpaired) electrons. The second-order valence-corrected chi connectivity index (χ2v) is 6.22. The Balaban J connectivity index is 2.69. The summed E-state index contributed by atoms with van der Waals surface area (Å²) in [6, 6.07) is 2.78. The fourth-order valence-corrected chi connectivity index (χ4v) is 3.65. The summed E-state index contributed by atoms with van der Waals surface area (Å²) in [4.78, 5) is 1.46. The van der Waals surface area contributed by atoms with Crippen LogP contribution in [0.3, 0.4) is 0 Å². The van der Waals surface area contributed by atoms with Gasteiger partial charge in [0, 0.05) is 20.8 Å². The molecule has 0 saturated carbocycles. The van der Waals surface area contributed by atoms with Crippen LogP contribution in [0.4, 0.5) is 0 Å². The van der Waals surface area contributed by atoms with E-state index < -0.39 is 0 Å². The Hall–Kier alpha value is 0.140. The van der Waals surface area contributed by atoms with Crippen molar-refractivity contribution in [2.75, 3.05) is 6.54 Å². The van der Waals surface area contributed by atoms with Crippen molar-refractivity contribution in [3.63, 3.8) is 0 Å². The van der Waals surface area contributed by atoms with E-state index in [1.165, 1.54) is 28.6 Å². The Labute approximate surface area is 112 Å². The summed E-state index contributed by atoms with van der Waals surface area (Å²) in [6.07, 6.45) is 3.75. The Morgan fingerprint density at radius 2 is 2.12 bits per heavy atom. The molecule has 2 atom stereocenters. The minimum Gasteiger partial charge on any atom is -0.309 e. The Kier molecular flexibility index (Phi) is 6.62. The van der Waals surface area contributed by atoms with Gasteiger partial charge in [0.2, 0.25) is 0 Å². The lowest BCUT2D eigenvalue weighted by molar-refractivity contribution is 0.368. The fourth-order valence-electron chi connectivity index (χ4n) is 2.00. The van der Waals surface area contributed by atoms with Crippen LogP contribution < -0.4 is 5.32 Å². The van der Waals surface area contributed by atoms with Gasteiger partial charge in [0.15, 0.2) is 0 Å². The number of rotatable bonds is 7. The molecule has 1 nitrogen and oxygen atoms in total. The van der Waals surface area contributed by atoms with E-state index in [9.17, 15) is 0 Å². The maximum atomic E-state index is 3.67. The van der Waals surface area contributed by atoms with E-state index in [-0.39, 0.29) is 0 Å². The zero-order valence-corrected chi connectivity index (χ0v) is 12.8. The van der Waals surface area contributed by atoms with Gasteiger partial charge in [-0.2, -0.15) is 0 Å². The van der Waals surface area contributed by atoms with E-state index >= 15 is 0 Å². The van der Waals surface area contributed by atoms with Crippen molar-refractivity contribution in [3.05, 3.63) is 20.8 Å². The van der Waals surface area contributed by atoms with Gasteiger partial charge in [0.25, 0.3) is 0 Å². The first-order valence-corrected chi connectivity index (χ1v) is 7.83. The van der Waals surface area contributed by atoms with Crippen LogP contribution in [0.15, 0.2) is 15.9 Å². The van der Waals surface area contributed by atoms with Crippen molar-refractivity contribution in [3.8, 4) is 0 Å². The fraction of sp³-hybridized carbons (Fsp3) is 0.692. The summed E-state index contributed by atoms with van der Waals surface area (Å²) in [7, 11) is 0. The monoisotopic (exact) mass is 303 g/mol. The summed E-state index contributed by atoms with van der Waals surface area (Å²) < 4.78 is 1.21. The van der Waals surface area contributed by atoms with Gasteiger partial charge in [-0.15, -0.1) is 11.3 Å². The Bertz CT molecular complexity index is 298. The van der Waals surface area contributed by atoms with Crippen LogP contribution in [0, 0.1) is 5.92 Å². The summed E-state index contributed by atoms with van der Waals surface area (Å²) in [5.74, 6) is 0.710. The number of halogens is 1. The molecule has 0 saturated heterocycles. The smallest absolute Gasteiger partial charge is 0.0441 e. The molecule has 0 amide bonds. The molecule has 1 heterocycles.